The van der Waals surface area contributed by atoms with Crippen LogP contribution in [0.4, 0.5) is 0 Å². The fourth-order valence-corrected chi connectivity index (χ4v) is 4.91. The van der Waals surface area contributed by atoms with Crippen molar-refractivity contribution in [2.24, 2.45) is 0 Å². The summed E-state index contributed by atoms with van der Waals surface area (Å²) in [5, 5.41) is 14.2. The molecule has 4 rings (SSSR count). The van der Waals surface area contributed by atoms with Crippen molar-refractivity contribution in [3.8, 4) is 16.9 Å². The Morgan fingerprint density at radius 2 is 1.51 bits per heavy atom. The summed E-state index contributed by atoms with van der Waals surface area (Å²) in [6.45, 7) is 0.830. The zero-order valence-corrected chi connectivity index (χ0v) is 22.4. The predicted molar refractivity (Wildman–Crippen MR) is 152 cm³/mol. The molecule has 0 radical (unpaired) electrons. The first-order valence-electron chi connectivity index (χ1n) is 12.6. The second-order valence-electron chi connectivity index (χ2n) is 8.89. The number of hydrogen-bond acceptors (Lipinski definition) is 5. The number of ether oxygens (including phenoxy) is 1. The molecule has 0 bridgehead atoms. The molecule has 0 unspecified atom stereocenters. The van der Waals surface area contributed by atoms with Crippen LogP contribution in [0.25, 0.3) is 11.1 Å². The number of nitrogens with one attached hydrogen (secondary N) is 1. The highest BCUT2D eigenvalue weighted by Crippen LogP contribution is 2.29. The Kier molecular flexibility index (Phi) is 9.48. The quantitative estimate of drug-likeness (QED) is 0.246. The molecule has 0 fully saturated rings. The van der Waals surface area contributed by atoms with Gasteiger partial charge in [-0.3, -0.25) is 14.4 Å². The molecule has 1 heterocycles. The maximum absolute atomic E-state index is 13.8. The number of carbonyl (C=O) groups is 3. The number of benzene rings is 3. The summed E-state index contributed by atoms with van der Waals surface area (Å²) in [4.78, 5) is 41.0. The number of hydrogen-bond donors (Lipinski definition) is 2. The van der Waals surface area contributed by atoms with Gasteiger partial charge in [0, 0.05) is 29.1 Å². The number of amides is 2. The molecule has 3 aromatic carbocycles. The third kappa shape index (κ3) is 7.33. The van der Waals surface area contributed by atoms with Gasteiger partial charge in [-0.25, -0.2) is 0 Å². The van der Waals surface area contributed by atoms with Crippen LogP contribution < -0.4 is 10.1 Å². The summed E-state index contributed by atoms with van der Waals surface area (Å²) in [5.74, 6) is -0.750. The van der Waals surface area contributed by atoms with E-state index in [-0.39, 0.29) is 24.8 Å². The minimum atomic E-state index is -0.974. The molecule has 0 saturated heterocycles. The fourth-order valence-electron chi connectivity index (χ4n) is 4.27. The van der Waals surface area contributed by atoms with E-state index in [9.17, 15) is 19.5 Å². The molecule has 7 nitrogen and oxygen atoms in total. The highest BCUT2D eigenvalue weighted by Gasteiger charge is 2.22. The summed E-state index contributed by atoms with van der Waals surface area (Å²) in [6, 6.07) is 25.8. The lowest BCUT2D eigenvalue weighted by Gasteiger charge is -2.24. The predicted octanol–water partition coefficient (Wildman–Crippen LogP) is 5.51. The molecular formula is C31H30N2O5S. The minimum absolute atomic E-state index is 0.0710. The van der Waals surface area contributed by atoms with Crippen molar-refractivity contribution in [3.63, 3.8) is 0 Å². The van der Waals surface area contributed by atoms with Crippen LogP contribution in [0, 0.1) is 0 Å². The van der Waals surface area contributed by atoms with Crippen molar-refractivity contribution in [2.45, 2.75) is 19.4 Å². The number of methoxy groups -OCH3 is 1. The van der Waals surface area contributed by atoms with Gasteiger partial charge in [0.2, 0.25) is 0 Å². The highest BCUT2D eigenvalue weighted by atomic mass is 32.1. The van der Waals surface area contributed by atoms with Crippen LogP contribution in [0.15, 0.2) is 90.3 Å². The molecule has 4 aromatic rings. The van der Waals surface area contributed by atoms with Crippen LogP contribution in [-0.4, -0.2) is 48.0 Å². The van der Waals surface area contributed by atoms with E-state index in [4.69, 9.17) is 4.74 Å². The Labute approximate surface area is 231 Å². The van der Waals surface area contributed by atoms with Crippen LogP contribution >= 0.6 is 11.3 Å². The molecule has 39 heavy (non-hydrogen) atoms. The number of nitrogens with zero attached hydrogens (tertiary/aromatic N) is 1. The number of thiophene rings is 1. The lowest BCUT2D eigenvalue weighted by Crippen LogP contribution is -2.35. The van der Waals surface area contributed by atoms with Gasteiger partial charge in [-0.15, -0.1) is 11.3 Å². The van der Waals surface area contributed by atoms with Gasteiger partial charge in [0.15, 0.2) is 0 Å². The molecule has 0 saturated carbocycles. The molecule has 0 aliphatic carbocycles. The van der Waals surface area contributed by atoms with Crippen LogP contribution in [0.3, 0.4) is 0 Å². The summed E-state index contributed by atoms with van der Waals surface area (Å²) in [6.07, 6.45) is 0.386. The first kappa shape index (κ1) is 27.6. The van der Waals surface area contributed by atoms with Crippen molar-refractivity contribution in [1.29, 1.82) is 0 Å². The van der Waals surface area contributed by atoms with Gasteiger partial charge in [-0.1, -0.05) is 54.6 Å². The van der Waals surface area contributed by atoms with Gasteiger partial charge < -0.3 is 20.1 Å². The van der Waals surface area contributed by atoms with Crippen molar-refractivity contribution < 1.29 is 24.2 Å². The van der Waals surface area contributed by atoms with Crippen LogP contribution in [-0.2, 0) is 17.8 Å². The van der Waals surface area contributed by atoms with Crippen molar-refractivity contribution >= 4 is 29.1 Å². The molecule has 0 spiro atoms. The topological polar surface area (TPSA) is 95.9 Å². The molecule has 2 amide bonds. The number of carbonyl (C=O) groups excluding carboxylic acids is 2. The van der Waals surface area contributed by atoms with E-state index in [2.05, 4.69) is 5.32 Å². The van der Waals surface area contributed by atoms with Gasteiger partial charge in [0.25, 0.3) is 11.8 Å². The molecule has 0 aliphatic rings. The number of carboxylic acids is 1. The van der Waals surface area contributed by atoms with Gasteiger partial charge >= 0.3 is 5.97 Å². The van der Waals surface area contributed by atoms with E-state index in [0.717, 1.165) is 16.2 Å². The van der Waals surface area contributed by atoms with E-state index in [1.165, 1.54) is 0 Å². The van der Waals surface area contributed by atoms with Crippen LogP contribution in [0.5, 0.6) is 5.75 Å². The number of carboxylic acid groups (broad SMARTS) is 1. The zero-order valence-electron chi connectivity index (χ0n) is 21.6. The lowest BCUT2D eigenvalue weighted by atomic mass is 9.94. The summed E-state index contributed by atoms with van der Waals surface area (Å²) in [5.41, 5.74) is 3.14. The Bertz CT molecular complexity index is 1420. The smallest absolute Gasteiger partial charge is 0.305 e. The Balaban J connectivity index is 1.59. The maximum atomic E-state index is 13.8. The largest absolute Gasteiger partial charge is 0.497 e. The average molecular weight is 543 g/mol. The molecule has 200 valence electrons. The second-order valence-corrected chi connectivity index (χ2v) is 9.92. The summed E-state index contributed by atoms with van der Waals surface area (Å²) < 4.78 is 5.21. The molecule has 0 aliphatic heterocycles. The third-order valence-corrected chi connectivity index (χ3v) is 7.21. The van der Waals surface area contributed by atoms with E-state index in [1.807, 2.05) is 66.0 Å². The van der Waals surface area contributed by atoms with Crippen molar-refractivity contribution in [1.82, 2.24) is 10.2 Å². The maximum Gasteiger partial charge on any atom is 0.305 e. The Morgan fingerprint density at radius 1 is 0.846 bits per heavy atom. The first-order chi connectivity index (χ1) is 19.0. The third-order valence-electron chi connectivity index (χ3n) is 6.33. The van der Waals surface area contributed by atoms with E-state index in [0.29, 0.717) is 41.8 Å². The second kappa shape index (κ2) is 13.4. The normalized spacial score (nSPS) is 10.6. The zero-order chi connectivity index (χ0) is 27.6. The SMILES string of the molecule is COc1ccc(CCN(CCC(=O)O)C(=O)c2ccccc2-c2ccccc2C(=O)NCc2cccs2)cc1. The van der Waals surface area contributed by atoms with Crippen LogP contribution in [0.2, 0.25) is 0 Å². The fraction of sp³-hybridized carbons (Fsp3) is 0.194. The molecular weight excluding hydrogens is 512 g/mol. The Morgan fingerprint density at radius 3 is 2.15 bits per heavy atom. The number of rotatable bonds is 12. The number of aliphatic carboxylic acids is 1. The van der Waals surface area contributed by atoms with Gasteiger partial charge in [0.1, 0.15) is 5.75 Å². The molecule has 1 aromatic heterocycles. The minimum Gasteiger partial charge on any atom is -0.497 e. The first-order valence-corrected chi connectivity index (χ1v) is 13.5. The van der Waals surface area contributed by atoms with Crippen LogP contribution in [0.1, 0.15) is 37.6 Å². The van der Waals surface area contributed by atoms with Gasteiger partial charge in [-0.2, -0.15) is 0 Å². The molecule has 8 heteroatoms. The monoisotopic (exact) mass is 542 g/mol. The van der Waals surface area contributed by atoms with Crippen molar-refractivity contribution in [2.75, 3.05) is 20.2 Å². The average Bonchev–Trinajstić information content (AvgIpc) is 3.49. The highest BCUT2D eigenvalue weighted by molar-refractivity contribution is 7.09. The van der Waals surface area contributed by atoms with Gasteiger partial charge in [-0.05, 0) is 58.8 Å². The summed E-state index contributed by atoms with van der Waals surface area (Å²) in [7, 11) is 1.60. The van der Waals surface area contributed by atoms with E-state index in [1.54, 1.807) is 47.6 Å². The van der Waals surface area contributed by atoms with E-state index >= 15 is 0 Å². The van der Waals surface area contributed by atoms with Gasteiger partial charge in [0.05, 0.1) is 20.1 Å². The Hall–Kier alpha value is -4.43. The summed E-state index contributed by atoms with van der Waals surface area (Å²) >= 11 is 1.57. The molecule has 2 N–H and O–H groups in total. The molecule has 0 atom stereocenters. The standard InChI is InChI=1S/C31H30N2O5S/c1-38-23-14-12-22(13-15-23)16-18-33(19-17-29(34)35)31(37)28-11-5-3-9-26(28)25-8-2-4-10-27(25)30(36)32-21-24-7-6-20-39-24/h2-15,20H,16-19,21H2,1H3,(H,32,36)(H,34,35). The van der Waals surface area contributed by atoms with E-state index < -0.39 is 5.97 Å². The lowest BCUT2D eigenvalue weighted by molar-refractivity contribution is -0.137. The van der Waals surface area contributed by atoms with Crippen molar-refractivity contribution in [3.05, 3.63) is 112 Å².